The van der Waals surface area contributed by atoms with Crippen molar-refractivity contribution in [3.8, 4) is 0 Å². The third kappa shape index (κ3) is 4.37. The van der Waals surface area contributed by atoms with Crippen molar-refractivity contribution in [2.75, 3.05) is 7.05 Å². The van der Waals surface area contributed by atoms with Gasteiger partial charge in [0.05, 0.1) is 5.41 Å². The fraction of sp³-hybridized carbons (Fsp3) is 0.500. The summed E-state index contributed by atoms with van der Waals surface area (Å²) < 4.78 is 0. The van der Waals surface area contributed by atoms with E-state index in [0.717, 1.165) is 12.0 Å². The van der Waals surface area contributed by atoms with E-state index in [2.05, 4.69) is 19.1 Å². The summed E-state index contributed by atoms with van der Waals surface area (Å²) in [5.74, 6) is -1.11. The van der Waals surface area contributed by atoms with E-state index in [4.69, 9.17) is 5.11 Å². The highest BCUT2D eigenvalue weighted by Gasteiger charge is 2.31. The zero-order chi connectivity index (χ0) is 15.3. The molecule has 0 aliphatic rings. The molecule has 110 valence electrons. The maximum atomic E-state index is 12.1. The molecule has 0 fully saturated rings. The van der Waals surface area contributed by atoms with Gasteiger partial charge in [0.1, 0.15) is 0 Å². The molecule has 0 heterocycles. The van der Waals surface area contributed by atoms with Crippen LogP contribution < -0.4 is 0 Å². The summed E-state index contributed by atoms with van der Waals surface area (Å²) in [6.45, 7) is 5.73. The van der Waals surface area contributed by atoms with Crippen molar-refractivity contribution >= 4 is 11.9 Å². The number of hydrogen-bond donors (Lipinski definition) is 1. The minimum absolute atomic E-state index is 0.00583. The SMILES string of the molecule is CCc1ccc(CN(C)C(=O)CC(C)(C)C(=O)O)cc1. The first-order chi connectivity index (χ1) is 9.26. The maximum Gasteiger partial charge on any atom is 0.309 e. The number of carboxylic acid groups (broad SMARTS) is 1. The van der Waals surface area contributed by atoms with Crippen molar-refractivity contribution in [3.05, 3.63) is 35.4 Å². The monoisotopic (exact) mass is 277 g/mol. The van der Waals surface area contributed by atoms with Crippen molar-refractivity contribution in [2.45, 2.75) is 40.2 Å². The molecule has 0 aromatic heterocycles. The highest BCUT2D eigenvalue weighted by molar-refractivity contribution is 5.84. The van der Waals surface area contributed by atoms with Gasteiger partial charge in [-0.1, -0.05) is 31.2 Å². The highest BCUT2D eigenvalue weighted by atomic mass is 16.4. The van der Waals surface area contributed by atoms with Crippen molar-refractivity contribution in [3.63, 3.8) is 0 Å². The summed E-state index contributed by atoms with van der Waals surface area (Å²) in [5.41, 5.74) is 1.28. The van der Waals surface area contributed by atoms with Crippen LogP contribution in [0, 0.1) is 5.41 Å². The molecular weight excluding hydrogens is 254 g/mol. The largest absolute Gasteiger partial charge is 0.481 e. The lowest BCUT2D eigenvalue weighted by atomic mass is 9.89. The van der Waals surface area contributed by atoms with Crippen molar-refractivity contribution in [2.24, 2.45) is 5.41 Å². The number of amides is 1. The smallest absolute Gasteiger partial charge is 0.309 e. The topological polar surface area (TPSA) is 57.6 Å². The molecule has 0 aliphatic carbocycles. The molecule has 0 unspecified atom stereocenters. The van der Waals surface area contributed by atoms with Gasteiger partial charge in [0.2, 0.25) is 5.91 Å². The van der Waals surface area contributed by atoms with Gasteiger partial charge >= 0.3 is 5.97 Å². The number of rotatable bonds is 6. The lowest BCUT2D eigenvalue weighted by Crippen LogP contribution is -2.34. The second kappa shape index (κ2) is 6.55. The summed E-state index contributed by atoms with van der Waals surface area (Å²) in [5, 5.41) is 9.05. The summed E-state index contributed by atoms with van der Waals surface area (Å²) in [6.07, 6.45) is 0.994. The second-order valence-corrected chi connectivity index (χ2v) is 5.79. The normalized spacial score (nSPS) is 11.2. The van der Waals surface area contributed by atoms with Gasteiger partial charge in [-0.15, -0.1) is 0 Å². The van der Waals surface area contributed by atoms with Crippen LogP contribution in [0.4, 0.5) is 0 Å². The van der Waals surface area contributed by atoms with E-state index in [9.17, 15) is 9.59 Å². The predicted molar refractivity (Wildman–Crippen MR) is 78.3 cm³/mol. The van der Waals surface area contributed by atoms with Crippen LogP contribution in [0.2, 0.25) is 0 Å². The van der Waals surface area contributed by atoms with Gasteiger partial charge in [-0.25, -0.2) is 0 Å². The molecule has 0 saturated heterocycles. The van der Waals surface area contributed by atoms with Crippen molar-refractivity contribution in [1.82, 2.24) is 4.90 Å². The standard InChI is InChI=1S/C16H23NO3/c1-5-12-6-8-13(9-7-12)11-17(4)14(18)10-16(2,3)15(19)20/h6-9H,5,10-11H2,1-4H3,(H,19,20). The average Bonchev–Trinajstić information content (AvgIpc) is 2.38. The molecule has 4 heteroatoms. The molecule has 4 nitrogen and oxygen atoms in total. The molecule has 0 bridgehead atoms. The molecule has 0 aliphatic heterocycles. The molecule has 0 radical (unpaired) electrons. The van der Waals surface area contributed by atoms with E-state index in [0.29, 0.717) is 6.54 Å². The van der Waals surface area contributed by atoms with Crippen molar-refractivity contribution in [1.29, 1.82) is 0 Å². The molecule has 1 rings (SSSR count). The molecule has 1 aromatic carbocycles. The lowest BCUT2D eigenvalue weighted by Gasteiger charge is -2.23. The summed E-state index contributed by atoms with van der Waals surface area (Å²) in [7, 11) is 1.70. The Kier molecular flexibility index (Phi) is 5.31. The maximum absolute atomic E-state index is 12.1. The predicted octanol–water partition coefficient (Wildman–Crippen LogP) is 2.71. The van der Waals surface area contributed by atoms with Gasteiger partial charge in [0, 0.05) is 20.0 Å². The van der Waals surface area contributed by atoms with Gasteiger partial charge in [-0.2, -0.15) is 0 Å². The Balaban J connectivity index is 2.63. The van der Waals surface area contributed by atoms with E-state index in [1.54, 1.807) is 25.8 Å². The van der Waals surface area contributed by atoms with Crippen molar-refractivity contribution < 1.29 is 14.7 Å². The Bertz CT molecular complexity index is 477. The van der Waals surface area contributed by atoms with Gasteiger partial charge in [0.25, 0.3) is 0 Å². The fourth-order valence-electron chi connectivity index (χ4n) is 1.83. The third-order valence-corrected chi connectivity index (χ3v) is 3.45. The Morgan fingerprint density at radius 2 is 1.65 bits per heavy atom. The molecule has 1 amide bonds. The van der Waals surface area contributed by atoms with Gasteiger partial charge in [0.15, 0.2) is 0 Å². The first kappa shape index (κ1) is 16.2. The number of benzene rings is 1. The number of aryl methyl sites for hydroxylation is 1. The van der Waals surface area contributed by atoms with Crippen LogP contribution >= 0.6 is 0 Å². The van der Waals surface area contributed by atoms with Crippen LogP contribution in [0.15, 0.2) is 24.3 Å². The number of carboxylic acids is 1. The van der Waals surface area contributed by atoms with Crippen LogP contribution in [0.1, 0.15) is 38.3 Å². The second-order valence-electron chi connectivity index (χ2n) is 5.79. The lowest BCUT2D eigenvalue weighted by molar-refractivity contribution is -0.151. The Morgan fingerprint density at radius 3 is 2.10 bits per heavy atom. The van der Waals surface area contributed by atoms with E-state index in [-0.39, 0.29) is 12.3 Å². The van der Waals surface area contributed by atoms with E-state index in [1.807, 2.05) is 12.1 Å². The van der Waals surface area contributed by atoms with Crippen LogP contribution in [-0.4, -0.2) is 28.9 Å². The van der Waals surface area contributed by atoms with E-state index in [1.165, 1.54) is 5.56 Å². The van der Waals surface area contributed by atoms with Crippen LogP contribution in [0.25, 0.3) is 0 Å². The van der Waals surface area contributed by atoms with Gasteiger partial charge < -0.3 is 10.0 Å². The summed E-state index contributed by atoms with van der Waals surface area (Å²) >= 11 is 0. The average molecular weight is 277 g/mol. The molecular formula is C16H23NO3. The van der Waals surface area contributed by atoms with Gasteiger partial charge in [-0.05, 0) is 31.4 Å². The molecule has 1 N–H and O–H groups in total. The zero-order valence-electron chi connectivity index (χ0n) is 12.6. The Morgan fingerprint density at radius 1 is 1.15 bits per heavy atom. The fourth-order valence-corrected chi connectivity index (χ4v) is 1.83. The molecule has 0 atom stereocenters. The number of aliphatic carboxylic acids is 1. The van der Waals surface area contributed by atoms with E-state index < -0.39 is 11.4 Å². The quantitative estimate of drug-likeness (QED) is 0.869. The number of hydrogen-bond acceptors (Lipinski definition) is 2. The Hall–Kier alpha value is -1.84. The number of carbonyl (C=O) groups excluding carboxylic acids is 1. The molecule has 0 saturated carbocycles. The minimum atomic E-state index is -1.03. The molecule has 20 heavy (non-hydrogen) atoms. The molecule has 1 aromatic rings. The van der Waals surface area contributed by atoms with E-state index >= 15 is 0 Å². The van der Waals surface area contributed by atoms with Crippen LogP contribution in [0.5, 0.6) is 0 Å². The number of nitrogens with zero attached hydrogens (tertiary/aromatic N) is 1. The molecule has 0 spiro atoms. The first-order valence-corrected chi connectivity index (χ1v) is 6.81. The third-order valence-electron chi connectivity index (χ3n) is 3.45. The summed E-state index contributed by atoms with van der Waals surface area (Å²) in [6, 6.07) is 8.11. The van der Waals surface area contributed by atoms with Crippen LogP contribution in [-0.2, 0) is 22.6 Å². The first-order valence-electron chi connectivity index (χ1n) is 6.81. The number of carbonyl (C=O) groups is 2. The van der Waals surface area contributed by atoms with Crippen LogP contribution in [0.3, 0.4) is 0 Å². The Labute approximate surface area is 120 Å². The summed E-state index contributed by atoms with van der Waals surface area (Å²) in [4.78, 5) is 24.7. The highest BCUT2D eigenvalue weighted by Crippen LogP contribution is 2.22. The minimum Gasteiger partial charge on any atom is -0.481 e. The zero-order valence-corrected chi connectivity index (χ0v) is 12.6. The van der Waals surface area contributed by atoms with Gasteiger partial charge in [-0.3, -0.25) is 9.59 Å².